The average molecular weight is 462 g/mol. The molecule has 0 spiro atoms. The van der Waals surface area contributed by atoms with Crippen LogP contribution in [-0.2, 0) is 4.79 Å². The highest BCUT2D eigenvalue weighted by molar-refractivity contribution is 6.30. The molecule has 0 radical (unpaired) electrons. The van der Waals surface area contributed by atoms with Gasteiger partial charge in [0.1, 0.15) is 12.1 Å². The third kappa shape index (κ3) is 7.52. The first kappa shape index (κ1) is 25.7. The summed E-state index contributed by atoms with van der Waals surface area (Å²) in [5, 5.41) is 5.69. The summed E-state index contributed by atoms with van der Waals surface area (Å²) in [5.74, 6) is 0.254. The van der Waals surface area contributed by atoms with Crippen LogP contribution in [0.1, 0.15) is 52.5 Å². The van der Waals surface area contributed by atoms with Crippen LogP contribution in [0, 0.1) is 17.7 Å². The fourth-order valence-corrected chi connectivity index (χ4v) is 3.69. The minimum Gasteiger partial charge on any atom is -0.369 e. The van der Waals surface area contributed by atoms with Crippen LogP contribution in [0.3, 0.4) is 0 Å². The minimum absolute atomic E-state index is 0.0162. The lowest BCUT2D eigenvalue weighted by Gasteiger charge is -2.31. The molecule has 0 heterocycles. The lowest BCUT2D eigenvalue weighted by molar-refractivity contribution is -0.108. The molecule has 5 nitrogen and oxygen atoms in total. The Kier molecular flexibility index (Phi) is 9.51. The maximum Gasteiger partial charge on any atom is 0.323 e. The van der Waals surface area contributed by atoms with Crippen LogP contribution in [0.5, 0.6) is 0 Å². The number of nitrogens with one attached hydrogen (secondary N) is 2. The number of hydrogen-bond acceptors (Lipinski definition) is 3. The molecule has 1 unspecified atom stereocenters. The highest BCUT2D eigenvalue weighted by Crippen LogP contribution is 2.32. The van der Waals surface area contributed by atoms with E-state index in [0.29, 0.717) is 23.9 Å². The smallest absolute Gasteiger partial charge is 0.323 e. The lowest BCUT2D eigenvalue weighted by atomic mass is 9.97. The molecule has 2 aromatic carbocycles. The molecule has 7 heteroatoms. The zero-order valence-corrected chi connectivity index (χ0v) is 20.2. The van der Waals surface area contributed by atoms with Gasteiger partial charge in [0, 0.05) is 24.5 Å². The second-order valence-electron chi connectivity index (χ2n) is 8.98. The molecule has 174 valence electrons. The molecule has 2 rings (SSSR count). The number of halogens is 2. The van der Waals surface area contributed by atoms with Crippen LogP contribution in [0.15, 0.2) is 36.4 Å². The van der Waals surface area contributed by atoms with Crippen molar-refractivity contribution >= 4 is 41.0 Å². The van der Waals surface area contributed by atoms with Gasteiger partial charge in [-0.05, 0) is 53.6 Å². The monoisotopic (exact) mass is 461 g/mol. The van der Waals surface area contributed by atoms with E-state index in [4.69, 9.17) is 11.6 Å². The average Bonchev–Trinajstić information content (AvgIpc) is 2.69. The molecule has 0 aromatic heterocycles. The van der Waals surface area contributed by atoms with E-state index in [1.165, 1.54) is 12.1 Å². The van der Waals surface area contributed by atoms with Crippen molar-refractivity contribution in [1.29, 1.82) is 0 Å². The summed E-state index contributed by atoms with van der Waals surface area (Å²) in [5.41, 5.74) is 2.50. The third-order valence-electron chi connectivity index (χ3n) is 4.98. The van der Waals surface area contributed by atoms with Crippen LogP contribution in [-0.4, -0.2) is 25.4 Å². The zero-order chi connectivity index (χ0) is 23.8. The molecule has 0 bridgehead atoms. The van der Waals surface area contributed by atoms with Gasteiger partial charge in [-0.25, -0.2) is 9.18 Å². The van der Waals surface area contributed by atoms with Crippen molar-refractivity contribution < 1.29 is 14.0 Å². The van der Waals surface area contributed by atoms with E-state index >= 15 is 0 Å². The van der Waals surface area contributed by atoms with Gasteiger partial charge >= 0.3 is 6.03 Å². The Labute approximate surface area is 195 Å². The number of carbonyl (C=O) groups excluding carboxylic acids is 2. The van der Waals surface area contributed by atoms with Crippen molar-refractivity contribution in [2.24, 2.45) is 11.8 Å². The Morgan fingerprint density at radius 3 is 2.19 bits per heavy atom. The SMILES string of the molecule is CC(C)CN(CC(C)C)c1ccc(C(C)CC=O)cc1NC(=O)Nc1ccc(Cl)cc1F. The fourth-order valence-electron chi connectivity index (χ4n) is 3.54. The normalized spacial score (nSPS) is 12.0. The molecule has 1 atom stereocenters. The van der Waals surface area contributed by atoms with Crippen molar-refractivity contribution in [2.75, 3.05) is 28.6 Å². The summed E-state index contributed by atoms with van der Waals surface area (Å²) in [7, 11) is 0. The number of nitrogens with zero attached hydrogens (tertiary/aromatic N) is 1. The predicted octanol–water partition coefficient (Wildman–Crippen LogP) is 6.93. The van der Waals surface area contributed by atoms with Crippen LogP contribution >= 0.6 is 11.6 Å². The Balaban J connectivity index is 2.39. The molecule has 2 N–H and O–H groups in total. The van der Waals surface area contributed by atoms with Gasteiger partial charge in [0.15, 0.2) is 0 Å². The molecule has 0 aliphatic heterocycles. The van der Waals surface area contributed by atoms with E-state index < -0.39 is 11.8 Å². The molecule has 0 saturated heterocycles. The number of rotatable bonds is 10. The van der Waals surface area contributed by atoms with Gasteiger partial charge in [-0.2, -0.15) is 0 Å². The first-order chi connectivity index (χ1) is 15.1. The Morgan fingerprint density at radius 1 is 1.00 bits per heavy atom. The molecular weight excluding hydrogens is 429 g/mol. The van der Waals surface area contributed by atoms with Crippen molar-refractivity contribution in [1.82, 2.24) is 0 Å². The number of urea groups is 1. The van der Waals surface area contributed by atoms with Gasteiger partial charge in [0.05, 0.1) is 17.1 Å². The van der Waals surface area contributed by atoms with Gasteiger partial charge < -0.3 is 20.3 Å². The Morgan fingerprint density at radius 2 is 1.62 bits per heavy atom. The highest BCUT2D eigenvalue weighted by Gasteiger charge is 2.18. The molecular formula is C25H33ClFN3O2. The molecule has 2 amide bonds. The van der Waals surface area contributed by atoms with Gasteiger partial charge in [-0.3, -0.25) is 0 Å². The number of hydrogen-bond donors (Lipinski definition) is 2. The maximum atomic E-state index is 14.1. The summed E-state index contributed by atoms with van der Waals surface area (Å²) in [6.45, 7) is 12.2. The minimum atomic E-state index is -0.609. The lowest BCUT2D eigenvalue weighted by Crippen LogP contribution is -2.32. The maximum absolute atomic E-state index is 14.1. The summed E-state index contributed by atoms with van der Waals surface area (Å²) in [6, 6.07) is 9.41. The van der Waals surface area contributed by atoms with E-state index in [9.17, 15) is 14.0 Å². The second-order valence-corrected chi connectivity index (χ2v) is 9.41. The summed E-state index contributed by atoms with van der Waals surface area (Å²) in [6.07, 6.45) is 1.29. The van der Waals surface area contributed by atoms with Gasteiger partial charge in [-0.15, -0.1) is 0 Å². The third-order valence-corrected chi connectivity index (χ3v) is 5.21. The fraction of sp³-hybridized carbons (Fsp3) is 0.440. The summed E-state index contributed by atoms with van der Waals surface area (Å²) in [4.78, 5) is 26.0. The molecule has 0 saturated carbocycles. The quantitative estimate of drug-likeness (QED) is 0.377. The van der Waals surface area contributed by atoms with Crippen molar-refractivity contribution in [2.45, 2.75) is 47.0 Å². The number of benzene rings is 2. The molecule has 0 fully saturated rings. The molecule has 0 aliphatic rings. The van der Waals surface area contributed by atoms with Crippen molar-refractivity contribution in [3.8, 4) is 0 Å². The van der Waals surface area contributed by atoms with Gasteiger partial charge in [-0.1, -0.05) is 52.3 Å². The van der Waals surface area contributed by atoms with Crippen molar-refractivity contribution in [3.05, 3.63) is 52.8 Å². The van der Waals surface area contributed by atoms with Crippen LogP contribution in [0.25, 0.3) is 0 Å². The van der Waals surface area contributed by atoms with E-state index in [1.807, 2.05) is 25.1 Å². The van der Waals surface area contributed by atoms with Gasteiger partial charge in [0.25, 0.3) is 0 Å². The number of carbonyl (C=O) groups is 2. The Bertz CT molecular complexity index is 923. The largest absolute Gasteiger partial charge is 0.369 e. The number of amides is 2. The first-order valence-electron chi connectivity index (χ1n) is 11.0. The summed E-state index contributed by atoms with van der Waals surface area (Å²) >= 11 is 5.80. The standard InChI is InChI=1S/C25H33ClFN3O2/c1-16(2)14-30(15-17(3)4)24-9-6-19(18(5)10-11-31)12-23(24)29-25(32)28-22-8-7-20(26)13-21(22)27/h6-9,11-13,16-18H,10,14-15H2,1-5H3,(H2,28,29,32). The van der Waals surface area contributed by atoms with Crippen molar-refractivity contribution in [3.63, 3.8) is 0 Å². The van der Waals surface area contributed by atoms with E-state index in [2.05, 4.69) is 43.2 Å². The number of aldehydes is 1. The second kappa shape index (κ2) is 11.9. The van der Waals surface area contributed by atoms with Crippen LogP contribution in [0.2, 0.25) is 5.02 Å². The highest BCUT2D eigenvalue weighted by atomic mass is 35.5. The van der Waals surface area contributed by atoms with E-state index in [1.54, 1.807) is 0 Å². The summed E-state index contributed by atoms with van der Waals surface area (Å²) < 4.78 is 14.1. The molecule has 0 aliphatic carbocycles. The topological polar surface area (TPSA) is 61.4 Å². The Hall–Kier alpha value is -2.60. The van der Waals surface area contributed by atoms with E-state index in [0.717, 1.165) is 36.7 Å². The molecule has 2 aromatic rings. The van der Waals surface area contributed by atoms with Crippen LogP contribution < -0.4 is 15.5 Å². The number of anilines is 3. The zero-order valence-electron chi connectivity index (χ0n) is 19.4. The first-order valence-corrected chi connectivity index (χ1v) is 11.3. The molecule has 32 heavy (non-hydrogen) atoms. The van der Waals surface area contributed by atoms with Gasteiger partial charge in [0.2, 0.25) is 0 Å². The van der Waals surface area contributed by atoms with Crippen LogP contribution in [0.4, 0.5) is 26.2 Å². The predicted molar refractivity (Wildman–Crippen MR) is 131 cm³/mol. The van der Waals surface area contributed by atoms with E-state index in [-0.39, 0.29) is 16.6 Å².